The molecule has 2 N–H and O–H groups in total. The molecule has 0 bridgehead atoms. The molecule has 18 heavy (non-hydrogen) atoms. The maximum Gasteiger partial charge on any atom is 0.253 e. The van der Waals surface area contributed by atoms with Crippen LogP contribution in [0.25, 0.3) is 0 Å². The zero-order chi connectivity index (χ0) is 13.1. The predicted octanol–water partition coefficient (Wildman–Crippen LogP) is 1.12. The van der Waals surface area contributed by atoms with Crippen molar-refractivity contribution in [3.8, 4) is 0 Å². The van der Waals surface area contributed by atoms with Crippen LogP contribution in [0.1, 0.15) is 25.7 Å². The van der Waals surface area contributed by atoms with Gasteiger partial charge in [-0.05, 0) is 31.6 Å². The molecular weight excluding hydrogens is 232 g/mol. The highest BCUT2D eigenvalue weighted by molar-refractivity contribution is 6.12. The predicted molar refractivity (Wildman–Crippen MR) is 65.7 cm³/mol. The number of carbonyl (C=O) groups excluding carboxylic acids is 2. The number of nitrogens with zero attached hydrogens (tertiary/aromatic N) is 1. The average molecular weight is 250 g/mol. The first-order valence-corrected chi connectivity index (χ1v) is 6.21. The second kappa shape index (κ2) is 5.35. The summed E-state index contributed by atoms with van der Waals surface area (Å²) in [7, 11) is 0. The van der Waals surface area contributed by atoms with E-state index in [1.54, 1.807) is 0 Å². The smallest absolute Gasteiger partial charge is 0.253 e. The number of allylic oxidation sites excluding steroid dienone is 1. The van der Waals surface area contributed by atoms with Gasteiger partial charge in [-0.25, -0.2) is 0 Å². The van der Waals surface area contributed by atoms with Crippen LogP contribution in [0, 0.1) is 11.8 Å². The van der Waals surface area contributed by atoms with Crippen molar-refractivity contribution in [3.63, 3.8) is 0 Å². The van der Waals surface area contributed by atoms with Gasteiger partial charge in [0.1, 0.15) is 5.76 Å². The number of hydrogen-bond donors (Lipinski definition) is 1. The average Bonchev–Trinajstić information content (AvgIpc) is 2.70. The molecule has 0 aromatic carbocycles. The SMILES string of the molecule is C=C(ON)C1CCC(CN2C(=O)C=CC2=O)CC1. The molecule has 1 fully saturated rings. The molecule has 98 valence electrons. The molecule has 1 aliphatic heterocycles. The van der Waals surface area contributed by atoms with Gasteiger partial charge in [0.25, 0.3) is 11.8 Å². The molecule has 0 saturated heterocycles. The zero-order valence-corrected chi connectivity index (χ0v) is 10.3. The van der Waals surface area contributed by atoms with Gasteiger partial charge in [-0.2, -0.15) is 5.90 Å². The van der Waals surface area contributed by atoms with Crippen molar-refractivity contribution < 1.29 is 14.4 Å². The molecule has 1 saturated carbocycles. The van der Waals surface area contributed by atoms with Gasteiger partial charge < -0.3 is 4.84 Å². The number of imide groups is 1. The lowest BCUT2D eigenvalue weighted by Gasteiger charge is -2.30. The third kappa shape index (κ3) is 2.61. The second-order valence-electron chi connectivity index (χ2n) is 4.92. The Hall–Kier alpha value is -1.62. The number of rotatable bonds is 4. The van der Waals surface area contributed by atoms with Crippen LogP contribution in [0.15, 0.2) is 24.5 Å². The summed E-state index contributed by atoms with van der Waals surface area (Å²) in [6, 6.07) is 0. The van der Waals surface area contributed by atoms with E-state index in [0.29, 0.717) is 24.1 Å². The van der Waals surface area contributed by atoms with Crippen molar-refractivity contribution in [2.45, 2.75) is 25.7 Å². The Kier molecular flexibility index (Phi) is 3.81. The van der Waals surface area contributed by atoms with Crippen LogP contribution in [0.3, 0.4) is 0 Å². The lowest BCUT2D eigenvalue weighted by atomic mass is 9.81. The standard InChI is InChI=1S/C13H18N2O3/c1-9(18-14)11-4-2-10(3-5-11)8-15-12(16)6-7-13(15)17/h6-7,10-11H,1-5,8,14H2. The first-order chi connectivity index (χ1) is 8.61. The minimum absolute atomic E-state index is 0.197. The molecule has 2 rings (SSSR count). The largest absolute Gasteiger partial charge is 0.416 e. The van der Waals surface area contributed by atoms with Crippen LogP contribution in [0.4, 0.5) is 0 Å². The molecule has 0 aromatic heterocycles. The van der Waals surface area contributed by atoms with Crippen molar-refractivity contribution in [2.24, 2.45) is 17.7 Å². The summed E-state index contributed by atoms with van der Waals surface area (Å²) in [6.45, 7) is 4.29. The van der Waals surface area contributed by atoms with Crippen LogP contribution in [-0.2, 0) is 14.4 Å². The Labute approximate surface area is 106 Å². The quantitative estimate of drug-likeness (QED) is 0.461. The van der Waals surface area contributed by atoms with E-state index in [9.17, 15) is 9.59 Å². The number of amides is 2. The maximum absolute atomic E-state index is 11.4. The molecule has 0 atom stereocenters. The van der Waals surface area contributed by atoms with Crippen LogP contribution in [0.5, 0.6) is 0 Å². The Morgan fingerprint density at radius 1 is 1.28 bits per heavy atom. The number of hydrogen-bond acceptors (Lipinski definition) is 4. The Bertz CT molecular complexity index is 377. The van der Waals surface area contributed by atoms with Crippen molar-refractivity contribution in [1.82, 2.24) is 4.90 Å². The first kappa shape index (κ1) is 12.8. The summed E-state index contributed by atoms with van der Waals surface area (Å²) in [4.78, 5) is 28.9. The molecular formula is C13H18N2O3. The molecule has 5 nitrogen and oxygen atoms in total. The summed E-state index contributed by atoms with van der Waals surface area (Å²) in [6.07, 6.45) is 6.49. The summed E-state index contributed by atoms with van der Waals surface area (Å²) in [5.74, 6) is 6.01. The Morgan fingerprint density at radius 2 is 1.83 bits per heavy atom. The van der Waals surface area contributed by atoms with Gasteiger partial charge >= 0.3 is 0 Å². The topological polar surface area (TPSA) is 72.6 Å². The molecule has 0 unspecified atom stereocenters. The first-order valence-electron chi connectivity index (χ1n) is 6.21. The van der Waals surface area contributed by atoms with Crippen LogP contribution in [0.2, 0.25) is 0 Å². The number of carbonyl (C=O) groups is 2. The minimum atomic E-state index is -0.197. The van der Waals surface area contributed by atoms with E-state index in [2.05, 4.69) is 11.4 Å². The molecule has 1 aliphatic carbocycles. The Balaban J connectivity index is 1.82. The van der Waals surface area contributed by atoms with Crippen LogP contribution >= 0.6 is 0 Å². The highest BCUT2D eigenvalue weighted by atomic mass is 16.6. The lowest BCUT2D eigenvalue weighted by Crippen LogP contribution is -2.36. The fourth-order valence-corrected chi connectivity index (χ4v) is 2.63. The van der Waals surface area contributed by atoms with Crippen LogP contribution < -0.4 is 5.90 Å². The fourth-order valence-electron chi connectivity index (χ4n) is 2.63. The van der Waals surface area contributed by atoms with Crippen LogP contribution in [-0.4, -0.2) is 23.3 Å². The van der Waals surface area contributed by atoms with E-state index in [0.717, 1.165) is 25.7 Å². The third-order valence-corrected chi connectivity index (χ3v) is 3.79. The second-order valence-corrected chi connectivity index (χ2v) is 4.92. The van der Waals surface area contributed by atoms with Gasteiger partial charge in [-0.1, -0.05) is 6.58 Å². The van der Waals surface area contributed by atoms with Crippen molar-refractivity contribution in [2.75, 3.05) is 6.54 Å². The fraction of sp³-hybridized carbons (Fsp3) is 0.538. The third-order valence-electron chi connectivity index (χ3n) is 3.79. The monoisotopic (exact) mass is 250 g/mol. The van der Waals surface area contributed by atoms with E-state index >= 15 is 0 Å². The van der Waals surface area contributed by atoms with Gasteiger partial charge in [-0.15, -0.1) is 0 Å². The van der Waals surface area contributed by atoms with E-state index < -0.39 is 0 Å². The highest BCUT2D eigenvalue weighted by Gasteiger charge is 2.30. The molecule has 0 radical (unpaired) electrons. The van der Waals surface area contributed by atoms with Gasteiger partial charge in [0.05, 0.1) is 0 Å². The Morgan fingerprint density at radius 3 is 2.33 bits per heavy atom. The van der Waals surface area contributed by atoms with Gasteiger partial charge in [-0.3, -0.25) is 14.5 Å². The summed E-state index contributed by atoms with van der Waals surface area (Å²) in [5, 5.41) is 0. The zero-order valence-electron chi connectivity index (χ0n) is 10.3. The molecule has 0 aromatic rings. The van der Waals surface area contributed by atoms with Gasteiger partial charge in [0, 0.05) is 24.6 Å². The molecule has 1 heterocycles. The van der Waals surface area contributed by atoms with E-state index in [1.807, 2.05) is 0 Å². The maximum atomic E-state index is 11.4. The molecule has 2 amide bonds. The van der Waals surface area contributed by atoms with Gasteiger partial charge in [0.2, 0.25) is 0 Å². The van der Waals surface area contributed by atoms with E-state index in [4.69, 9.17) is 5.90 Å². The van der Waals surface area contributed by atoms with Crippen molar-refractivity contribution in [3.05, 3.63) is 24.5 Å². The number of nitrogens with two attached hydrogens (primary N) is 1. The molecule has 2 aliphatic rings. The summed E-state index contributed by atoms with van der Waals surface area (Å²) >= 11 is 0. The van der Waals surface area contributed by atoms with E-state index in [1.165, 1.54) is 17.1 Å². The van der Waals surface area contributed by atoms with E-state index in [-0.39, 0.29) is 11.8 Å². The van der Waals surface area contributed by atoms with Crippen molar-refractivity contribution in [1.29, 1.82) is 0 Å². The molecule has 0 spiro atoms. The normalized spacial score (nSPS) is 27.7. The highest BCUT2D eigenvalue weighted by Crippen LogP contribution is 2.33. The minimum Gasteiger partial charge on any atom is -0.416 e. The lowest BCUT2D eigenvalue weighted by molar-refractivity contribution is -0.137. The van der Waals surface area contributed by atoms with Gasteiger partial charge in [0.15, 0.2) is 0 Å². The summed E-state index contributed by atoms with van der Waals surface area (Å²) in [5.41, 5.74) is 0. The molecule has 5 heteroatoms. The van der Waals surface area contributed by atoms with Crippen molar-refractivity contribution >= 4 is 11.8 Å². The summed E-state index contributed by atoms with van der Waals surface area (Å²) < 4.78 is 0.